The third-order valence-electron chi connectivity index (χ3n) is 5.15. The van der Waals surface area contributed by atoms with E-state index in [0.717, 1.165) is 11.5 Å². The normalized spacial score (nSPS) is 21.0. The molecule has 0 aliphatic carbocycles. The van der Waals surface area contributed by atoms with Gasteiger partial charge in [0.15, 0.2) is 0 Å². The molecule has 200 valence electrons. The average molecular weight is 575 g/mol. The molecule has 3 rings (SSSR count). The molecular weight excluding hydrogens is 541 g/mol. The Labute approximate surface area is 223 Å². The van der Waals surface area contributed by atoms with Crippen molar-refractivity contribution in [2.75, 3.05) is 18.1 Å². The molecule has 0 saturated carbocycles. The lowest BCUT2D eigenvalue weighted by atomic mass is 10.2. The highest BCUT2D eigenvalue weighted by Gasteiger charge is 2.48. The summed E-state index contributed by atoms with van der Waals surface area (Å²) in [6, 6.07) is 15.5. The molecule has 1 heterocycles. The summed E-state index contributed by atoms with van der Waals surface area (Å²) in [5.41, 5.74) is 0. The molecule has 1 aliphatic heterocycles. The van der Waals surface area contributed by atoms with Gasteiger partial charge in [-0.1, -0.05) is 64.1 Å². The highest BCUT2D eigenvalue weighted by atomic mass is 32.2. The van der Waals surface area contributed by atoms with Crippen LogP contribution in [0, 0.1) is 11.8 Å². The van der Waals surface area contributed by atoms with Crippen LogP contribution in [-0.4, -0.2) is 57.8 Å². The van der Waals surface area contributed by atoms with E-state index in [1.54, 1.807) is 59.9 Å². The summed E-state index contributed by atoms with van der Waals surface area (Å²) in [7, 11) is -8.37. The van der Waals surface area contributed by atoms with Crippen LogP contribution in [-0.2, 0) is 33.3 Å². The third-order valence-corrected chi connectivity index (χ3v) is 11.6. The van der Waals surface area contributed by atoms with Gasteiger partial charge < -0.3 is 4.74 Å². The van der Waals surface area contributed by atoms with Gasteiger partial charge in [0.1, 0.15) is 18.3 Å². The Bertz CT molecular complexity index is 1140. The molecule has 0 N–H and O–H groups in total. The molecule has 2 aromatic carbocycles. The lowest BCUT2D eigenvalue weighted by molar-refractivity contribution is 0.0604. The van der Waals surface area contributed by atoms with Crippen molar-refractivity contribution in [3.63, 3.8) is 0 Å². The van der Waals surface area contributed by atoms with E-state index in [4.69, 9.17) is 13.1 Å². The largest absolute Gasteiger partial charge is 0.370 e. The maximum absolute atomic E-state index is 13.2. The Morgan fingerprint density at radius 1 is 0.778 bits per heavy atom. The Kier molecular flexibility index (Phi) is 10.7. The van der Waals surface area contributed by atoms with Gasteiger partial charge in [-0.2, -0.15) is 16.8 Å². The fourth-order valence-electron chi connectivity index (χ4n) is 3.45. The van der Waals surface area contributed by atoms with E-state index in [-0.39, 0.29) is 21.0 Å². The fraction of sp³-hybridized carbons (Fsp3) is 0.520. The first-order chi connectivity index (χ1) is 17.0. The van der Waals surface area contributed by atoms with Gasteiger partial charge >= 0.3 is 0 Å². The molecule has 3 atom stereocenters. The third kappa shape index (κ3) is 8.21. The second-order valence-corrected chi connectivity index (χ2v) is 15.1. The van der Waals surface area contributed by atoms with E-state index in [0.29, 0.717) is 11.8 Å². The monoisotopic (exact) mass is 574 g/mol. The van der Waals surface area contributed by atoms with Gasteiger partial charge in [0.2, 0.25) is 0 Å². The number of hydrogen-bond donors (Lipinski definition) is 0. The molecule has 1 aliphatic rings. The molecule has 0 radical (unpaired) electrons. The Morgan fingerprint density at radius 3 is 1.67 bits per heavy atom. The van der Waals surface area contributed by atoms with E-state index in [2.05, 4.69) is 27.7 Å². The first-order valence-electron chi connectivity index (χ1n) is 11.8. The summed E-state index contributed by atoms with van der Waals surface area (Å²) < 4.78 is 69.5. The minimum Gasteiger partial charge on any atom is -0.370 e. The SMILES string of the molecule is CC(C)CSC(SCC(C)C)[C@H]1OC[C@@H](OS(=O)(=O)c2ccccc2)[C@@H]1OS(=O)(=O)c1ccccc1. The molecule has 1 fully saturated rings. The van der Waals surface area contributed by atoms with Crippen molar-refractivity contribution in [2.45, 2.75) is 60.4 Å². The first-order valence-corrected chi connectivity index (χ1v) is 16.7. The van der Waals surface area contributed by atoms with Gasteiger partial charge in [0, 0.05) is 0 Å². The Morgan fingerprint density at radius 2 is 1.22 bits per heavy atom. The van der Waals surface area contributed by atoms with E-state index in [1.807, 2.05) is 0 Å². The van der Waals surface area contributed by atoms with Crippen LogP contribution in [0.3, 0.4) is 0 Å². The summed E-state index contributed by atoms with van der Waals surface area (Å²) in [5, 5.41) is 0. The number of benzene rings is 2. The lowest BCUT2D eigenvalue weighted by Gasteiger charge is -2.29. The lowest BCUT2D eigenvalue weighted by Crippen LogP contribution is -2.42. The summed E-state index contributed by atoms with van der Waals surface area (Å²) >= 11 is 3.34. The number of thioether (sulfide) groups is 2. The number of hydrogen-bond acceptors (Lipinski definition) is 9. The number of ether oxygens (including phenoxy) is 1. The van der Waals surface area contributed by atoms with Gasteiger partial charge in [-0.05, 0) is 47.6 Å². The first kappa shape index (κ1) is 29.5. The second-order valence-electron chi connectivity index (χ2n) is 9.35. The van der Waals surface area contributed by atoms with Gasteiger partial charge in [0.25, 0.3) is 20.2 Å². The Hall–Kier alpha value is -1.08. The van der Waals surface area contributed by atoms with Gasteiger partial charge in [-0.15, -0.1) is 23.5 Å². The topological polar surface area (TPSA) is 96.0 Å². The maximum atomic E-state index is 13.2. The zero-order valence-electron chi connectivity index (χ0n) is 20.8. The van der Waals surface area contributed by atoms with E-state index in [9.17, 15) is 16.8 Å². The highest BCUT2D eigenvalue weighted by molar-refractivity contribution is 8.17. The standard InChI is InChI=1S/C25H34O7S4/c1-18(2)16-33-25(34-17-19(3)4)24-23(32-36(28,29)21-13-9-6-10-14-21)22(15-30-24)31-35(26,27)20-11-7-5-8-12-20/h5-14,18-19,22-25H,15-17H2,1-4H3/t22-,23+,24+/m1/s1. The van der Waals surface area contributed by atoms with Crippen molar-refractivity contribution in [3.05, 3.63) is 60.7 Å². The van der Waals surface area contributed by atoms with Crippen LogP contribution in [0.15, 0.2) is 70.5 Å². The summed E-state index contributed by atoms with van der Waals surface area (Å²) in [5.74, 6) is 2.50. The Balaban J connectivity index is 1.93. The zero-order valence-corrected chi connectivity index (χ0v) is 24.1. The van der Waals surface area contributed by atoms with Crippen LogP contribution >= 0.6 is 23.5 Å². The van der Waals surface area contributed by atoms with Crippen molar-refractivity contribution in [2.24, 2.45) is 11.8 Å². The van der Waals surface area contributed by atoms with Crippen LogP contribution in [0.25, 0.3) is 0 Å². The predicted molar refractivity (Wildman–Crippen MR) is 145 cm³/mol. The molecule has 7 nitrogen and oxygen atoms in total. The second kappa shape index (κ2) is 13.1. The van der Waals surface area contributed by atoms with E-state index < -0.39 is 38.5 Å². The van der Waals surface area contributed by atoms with E-state index in [1.165, 1.54) is 24.3 Å². The molecule has 2 aromatic rings. The van der Waals surface area contributed by atoms with Crippen molar-refractivity contribution in [1.82, 2.24) is 0 Å². The van der Waals surface area contributed by atoms with Crippen LogP contribution in [0.5, 0.6) is 0 Å². The van der Waals surface area contributed by atoms with Crippen molar-refractivity contribution in [1.29, 1.82) is 0 Å². The van der Waals surface area contributed by atoms with Gasteiger partial charge in [-0.3, -0.25) is 8.37 Å². The van der Waals surface area contributed by atoms with Gasteiger partial charge in [0.05, 0.1) is 21.0 Å². The molecule has 1 saturated heterocycles. The van der Waals surface area contributed by atoms with Gasteiger partial charge in [-0.25, -0.2) is 0 Å². The smallest absolute Gasteiger partial charge is 0.297 e. The predicted octanol–water partition coefficient (Wildman–Crippen LogP) is 5.04. The zero-order chi connectivity index (χ0) is 26.3. The quantitative estimate of drug-likeness (QED) is 0.241. The number of rotatable bonds is 13. The molecule has 11 heteroatoms. The molecule has 36 heavy (non-hydrogen) atoms. The summed E-state index contributed by atoms with van der Waals surface area (Å²) in [6.07, 6.45) is -2.95. The van der Waals surface area contributed by atoms with Crippen molar-refractivity contribution >= 4 is 43.8 Å². The van der Waals surface area contributed by atoms with Crippen LogP contribution < -0.4 is 0 Å². The van der Waals surface area contributed by atoms with Crippen molar-refractivity contribution in [3.8, 4) is 0 Å². The molecular formula is C25H34O7S4. The summed E-state index contributed by atoms with van der Waals surface area (Å²) in [4.78, 5) is -0.0282. The highest BCUT2D eigenvalue weighted by Crippen LogP contribution is 2.39. The minimum atomic E-state index is -4.20. The summed E-state index contributed by atoms with van der Waals surface area (Å²) in [6.45, 7) is 8.34. The van der Waals surface area contributed by atoms with E-state index >= 15 is 0 Å². The van der Waals surface area contributed by atoms with Crippen LogP contribution in [0.1, 0.15) is 27.7 Å². The average Bonchev–Trinajstić information content (AvgIpc) is 3.20. The minimum absolute atomic E-state index is 0.0125. The molecule has 0 spiro atoms. The maximum Gasteiger partial charge on any atom is 0.297 e. The molecule has 0 aromatic heterocycles. The van der Waals surface area contributed by atoms with Crippen molar-refractivity contribution < 1.29 is 29.9 Å². The fourth-order valence-corrected chi connectivity index (χ4v) is 8.52. The van der Waals surface area contributed by atoms with Crippen LogP contribution in [0.2, 0.25) is 0 Å². The molecule has 0 amide bonds. The molecule has 0 unspecified atom stereocenters. The van der Waals surface area contributed by atoms with Crippen LogP contribution in [0.4, 0.5) is 0 Å². The molecule has 0 bridgehead atoms.